The smallest absolute Gasteiger partial charge is 0.237 e. The summed E-state index contributed by atoms with van der Waals surface area (Å²) >= 11 is 0. The summed E-state index contributed by atoms with van der Waals surface area (Å²) in [4.78, 5) is 11.9. The molecular formula is C12H15NO3. The third-order valence-corrected chi connectivity index (χ3v) is 2.93. The van der Waals surface area contributed by atoms with Gasteiger partial charge in [-0.05, 0) is 18.6 Å². The number of rotatable bonds is 3. The monoisotopic (exact) mass is 221 g/mol. The number of aliphatic hydroxyl groups is 1. The molecule has 1 aromatic rings. The standard InChI is InChI=1S/C12H15NO3/c1-9-4-2-3-5-10(9)13-11(15)12(6-14)7-16-8-12/h2-5,14H,6-8H2,1H3,(H,13,15). The molecule has 2 rings (SSSR count). The Labute approximate surface area is 94.2 Å². The van der Waals surface area contributed by atoms with E-state index in [-0.39, 0.29) is 12.5 Å². The van der Waals surface area contributed by atoms with E-state index in [1.165, 1.54) is 0 Å². The lowest BCUT2D eigenvalue weighted by Crippen LogP contribution is -2.54. The molecule has 1 aliphatic heterocycles. The van der Waals surface area contributed by atoms with Gasteiger partial charge in [0.2, 0.25) is 5.91 Å². The highest BCUT2D eigenvalue weighted by Gasteiger charge is 2.45. The van der Waals surface area contributed by atoms with Crippen molar-refractivity contribution in [2.75, 3.05) is 25.1 Å². The first-order valence-corrected chi connectivity index (χ1v) is 5.24. The number of nitrogens with one attached hydrogen (secondary N) is 1. The fourth-order valence-electron chi connectivity index (χ4n) is 1.61. The Morgan fingerprint density at radius 2 is 2.19 bits per heavy atom. The van der Waals surface area contributed by atoms with Crippen LogP contribution in [-0.4, -0.2) is 30.8 Å². The molecule has 2 N–H and O–H groups in total. The van der Waals surface area contributed by atoms with Crippen LogP contribution in [0.3, 0.4) is 0 Å². The molecule has 86 valence electrons. The van der Waals surface area contributed by atoms with Crippen LogP contribution < -0.4 is 5.32 Å². The predicted octanol–water partition coefficient (Wildman–Crippen LogP) is 0.942. The molecule has 1 aromatic carbocycles. The zero-order valence-electron chi connectivity index (χ0n) is 9.19. The lowest BCUT2D eigenvalue weighted by molar-refractivity contribution is -0.164. The fraction of sp³-hybridized carbons (Fsp3) is 0.417. The first kappa shape index (κ1) is 11.1. The molecule has 1 saturated heterocycles. The molecule has 0 spiro atoms. The number of carbonyl (C=O) groups is 1. The van der Waals surface area contributed by atoms with Gasteiger partial charge in [0.25, 0.3) is 0 Å². The third-order valence-electron chi connectivity index (χ3n) is 2.93. The maximum Gasteiger partial charge on any atom is 0.237 e. The van der Waals surface area contributed by atoms with E-state index >= 15 is 0 Å². The minimum atomic E-state index is -0.748. The Hall–Kier alpha value is -1.39. The SMILES string of the molecule is Cc1ccccc1NC(=O)C1(CO)COC1. The van der Waals surface area contributed by atoms with Gasteiger partial charge < -0.3 is 15.2 Å². The topological polar surface area (TPSA) is 58.6 Å². The molecular weight excluding hydrogens is 206 g/mol. The number of benzene rings is 1. The van der Waals surface area contributed by atoms with Crippen molar-refractivity contribution in [3.05, 3.63) is 29.8 Å². The molecule has 1 fully saturated rings. The average molecular weight is 221 g/mol. The van der Waals surface area contributed by atoms with Crippen molar-refractivity contribution in [2.24, 2.45) is 5.41 Å². The molecule has 4 nitrogen and oxygen atoms in total. The second-order valence-corrected chi connectivity index (χ2v) is 4.20. The van der Waals surface area contributed by atoms with Gasteiger partial charge in [-0.2, -0.15) is 0 Å². The third kappa shape index (κ3) is 1.81. The molecule has 4 heteroatoms. The number of hydrogen-bond acceptors (Lipinski definition) is 3. The lowest BCUT2D eigenvalue weighted by atomic mass is 9.86. The minimum absolute atomic E-state index is 0.171. The molecule has 0 unspecified atom stereocenters. The van der Waals surface area contributed by atoms with Crippen LogP contribution in [0.1, 0.15) is 5.56 Å². The van der Waals surface area contributed by atoms with Gasteiger partial charge in [-0.3, -0.25) is 4.79 Å². The van der Waals surface area contributed by atoms with Crippen LogP contribution in [0, 0.1) is 12.3 Å². The Kier molecular flexibility index (Phi) is 2.94. The first-order valence-electron chi connectivity index (χ1n) is 5.24. The molecule has 1 heterocycles. The van der Waals surface area contributed by atoms with Crippen molar-refractivity contribution in [3.8, 4) is 0 Å². The van der Waals surface area contributed by atoms with Crippen molar-refractivity contribution >= 4 is 11.6 Å². The first-order chi connectivity index (χ1) is 7.68. The molecule has 0 bridgehead atoms. The lowest BCUT2D eigenvalue weighted by Gasteiger charge is -2.38. The zero-order chi connectivity index (χ0) is 11.6. The summed E-state index contributed by atoms with van der Waals surface area (Å²) in [5, 5.41) is 12.0. The van der Waals surface area contributed by atoms with Gasteiger partial charge in [-0.1, -0.05) is 18.2 Å². The van der Waals surface area contributed by atoms with E-state index in [0.29, 0.717) is 13.2 Å². The van der Waals surface area contributed by atoms with Crippen LogP contribution in [0.15, 0.2) is 24.3 Å². The average Bonchev–Trinajstić information content (AvgIpc) is 2.21. The molecule has 0 saturated carbocycles. The number of carbonyl (C=O) groups excluding carboxylic acids is 1. The Morgan fingerprint density at radius 3 is 2.69 bits per heavy atom. The number of anilines is 1. The van der Waals surface area contributed by atoms with Gasteiger partial charge >= 0.3 is 0 Å². The van der Waals surface area contributed by atoms with Crippen LogP contribution in [0.2, 0.25) is 0 Å². The summed E-state index contributed by atoms with van der Waals surface area (Å²) in [7, 11) is 0. The summed E-state index contributed by atoms with van der Waals surface area (Å²) in [5.41, 5.74) is 1.04. The largest absolute Gasteiger partial charge is 0.395 e. The second-order valence-electron chi connectivity index (χ2n) is 4.20. The highest BCUT2D eigenvalue weighted by Crippen LogP contribution is 2.29. The van der Waals surface area contributed by atoms with Crippen LogP contribution in [0.5, 0.6) is 0 Å². The Bertz CT molecular complexity index is 393. The number of hydrogen-bond donors (Lipinski definition) is 2. The maximum atomic E-state index is 11.9. The number of aliphatic hydroxyl groups excluding tert-OH is 1. The maximum absolute atomic E-state index is 11.9. The van der Waals surface area contributed by atoms with Crippen LogP contribution in [0.25, 0.3) is 0 Å². The van der Waals surface area contributed by atoms with E-state index in [2.05, 4.69) is 5.32 Å². The van der Waals surface area contributed by atoms with E-state index in [1.54, 1.807) is 0 Å². The normalized spacial score (nSPS) is 17.6. The van der Waals surface area contributed by atoms with Crippen molar-refractivity contribution in [2.45, 2.75) is 6.92 Å². The summed E-state index contributed by atoms with van der Waals surface area (Å²) in [6.07, 6.45) is 0. The van der Waals surface area contributed by atoms with Crippen LogP contribution >= 0.6 is 0 Å². The van der Waals surface area contributed by atoms with Gasteiger partial charge in [0.15, 0.2) is 0 Å². The number of aryl methyl sites for hydroxylation is 1. The Balaban J connectivity index is 2.10. The summed E-state index contributed by atoms with van der Waals surface area (Å²) < 4.78 is 5.00. The van der Waals surface area contributed by atoms with Crippen molar-refractivity contribution in [1.82, 2.24) is 0 Å². The second kappa shape index (κ2) is 4.23. The van der Waals surface area contributed by atoms with Gasteiger partial charge in [0.05, 0.1) is 19.8 Å². The van der Waals surface area contributed by atoms with Gasteiger partial charge in [-0.25, -0.2) is 0 Å². The molecule has 0 radical (unpaired) electrons. The molecule has 0 aliphatic carbocycles. The number of ether oxygens (including phenoxy) is 1. The summed E-state index contributed by atoms with van der Waals surface area (Å²) in [6, 6.07) is 7.56. The minimum Gasteiger partial charge on any atom is -0.395 e. The van der Waals surface area contributed by atoms with Crippen LogP contribution in [-0.2, 0) is 9.53 Å². The van der Waals surface area contributed by atoms with E-state index in [0.717, 1.165) is 11.3 Å². The number of para-hydroxylation sites is 1. The molecule has 0 aromatic heterocycles. The Morgan fingerprint density at radius 1 is 1.50 bits per heavy atom. The van der Waals surface area contributed by atoms with Gasteiger partial charge in [0.1, 0.15) is 5.41 Å². The van der Waals surface area contributed by atoms with E-state index in [9.17, 15) is 9.90 Å². The van der Waals surface area contributed by atoms with E-state index < -0.39 is 5.41 Å². The van der Waals surface area contributed by atoms with Gasteiger partial charge in [0, 0.05) is 5.69 Å². The highest BCUT2D eigenvalue weighted by molar-refractivity contribution is 5.96. The van der Waals surface area contributed by atoms with Crippen molar-refractivity contribution in [3.63, 3.8) is 0 Å². The van der Waals surface area contributed by atoms with Gasteiger partial charge in [-0.15, -0.1) is 0 Å². The molecule has 1 amide bonds. The molecule has 1 aliphatic rings. The highest BCUT2D eigenvalue weighted by atomic mass is 16.5. The van der Waals surface area contributed by atoms with Crippen molar-refractivity contribution in [1.29, 1.82) is 0 Å². The van der Waals surface area contributed by atoms with Crippen molar-refractivity contribution < 1.29 is 14.6 Å². The molecule has 16 heavy (non-hydrogen) atoms. The quantitative estimate of drug-likeness (QED) is 0.798. The predicted molar refractivity (Wildman–Crippen MR) is 60.1 cm³/mol. The van der Waals surface area contributed by atoms with E-state index in [4.69, 9.17) is 4.74 Å². The summed E-state index contributed by atoms with van der Waals surface area (Å²) in [5.74, 6) is -0.171. The zero-order valence-corrected chi connectivity index (χ0v) is 9.19. The number of amides is 1. The molecule has 0 atom stereocenters. The fourth-order valence-corrected chi connectivity index (χ4v) is 1.61. The summed E-state index contributed by atoms with van der Waals surface area (Å²) in [6.45, 7) is 2.34. The van der Waals surface area contributed by atoms with Crippen LogP contribution in [0.4, 0.5) is 5.69 Å². The van der Waals surface area contributed by atoms with E-state index in [1.807, 2.05) is 31.2 Å².